The minimum atomic E-state index is -0.231. The maximum atomic E-state index is 12.9. The number of nitrogens with one attached hydrogen (secondary N) is 1. The number of nitrogens with zero attached hydrogens (tertiary/aromatic N) is 2. The van der Waals surface area contributed by atoms with Gasteiger partial charge in [0.15, 0.2) is 0 Å². The zero-order chi connectivity index (χ0) is 18.5. The summed E-state index contributed by atoms with van der Waals surface area (Å²) >= 11 is 0. The lowest BCUT2D eigenvalue weighted by atomic mass is 10.0. The van der Waals surface area contributed by atoms with Crippen molar-refractivity contribution in [3.63, 3.8) is 0 Å². The van der Waals surface area contributed by atoms with Gasteiger partial charge in [-0.05, 0) is 44.4 Å². The summed E-state index contributed by atoms with van der Waals surface area (Å²) in [6, 6.07) is 13.8. The molecule has 0 radical (unpaired) electrons. The van der Waals surface area contributed by atoms with Gasteiger partial charge in [-0.3, -0.25) is 9.78 Å². The Bertz CT molecular complexity index is 870. The quantitative estimate of drug-likeness (QED) is 0.731. The Balaban J connectivity index is 1.87. The van der Waals surface area contributed by atoms with E-state index in [1.165, 1.54) is 5.56 Å². The molecule has 0 aliphatic rings. The first-order chi connectivity index (χ1) is 12.6. The van der Waals surface area contributed by atoms with E-state index in [0.717, 1.165) is 11.3 Å². The van der Waals surface area contributed by atoms with Crippen molar-refractivity contribution in [1.29, 1.82) is 0 Å². The Kier molecular flexibility index (Phi) is 5.46. The average Bonchev–Trinajstić information content (AvgIpc) is 3.04. The van der Waals surface area contributed by atoms with Gasteiger partial charge < -0.3 is 9.84 Å². The van der Waals surface area contributed by atoms with E-state index in [0.29, 0.717) is 29.9 Å². The minimum Gasteiger partial charge on any atom is -0.361 e. The highest BCUT2D eigenvalue weighted by Crippen LogP contribution is 2.20. The average molecular weight is 349 g/mol. The zero-order valence-electron chi connectivity index (χ0n) is 15.3. The van der Waals surface area contributed by atoms with Gasteiger partial charge in [0, 0.05) is 6.20 Å². The summed E-state index contributed by atoms with van der Waals surface area (Å²) in [6.07, 6.45) is 3.05. The second-order valence-corrected chi connectivity index (χ2v) is 6.38. The molecule has 0 saturated heterocycles. The summed E-state index contributed by atoms with van der Waals surface area (Å²) in [5.41, 5.74) is 4.38. The molecule has 0 aliphatic heterocycles. The van der Waals surface area contributed by atoms with Gasteiger partial charge in [-0.2, -0.15) is 0 Å². The molecule has 1 amide bonds. The van der Waals surface area contributed by atoms with Crippen molar-refractivity contribution in [2.45, 2.75) is 39.7 Å². The Labute approximate surface area is 153 Å². The van der Waals surface area contributed by atoms with Gasteiger partial charge in [0.25, 0.3) is 5.91 Å². The van der Waals surface area contributed by atoms with Gasteiger partial charge >= 0.3 is 0 Å². The number of pyridine rings is 1. The van der Waals surface area contributed by atoms with Crippen LogP contribution in [0.4, 0.5) is 0 Å². The third-order valence-electron chi connectivity index (χ3n) is 4.41. The lowest BCUT2D eigenvalue weighted by Crippen LogP contribution is -2.31. The van der Waals surface area contributed by atoms with Crippen molar-refractivity contribution in [3.8, 4) is 0 Å². The number of hydrogen-bond donors (Lipinski definition) is 1. The van der Waals surface area contributed by atoms with Crippen LogP contribution in [0.15, 0.2) is 53.2 Å². The van der Waals surface area contributed by atoms with Gasteiger partial charge in [-0.1, -0.05) is 48.0 Å². The van der Waals surface area contributed by atoms with Crippen LogP contribution in [-0.2, 0) is 12.8 Å². The van der Waals surface area contributed by atoms with E-state index in [-0.39, 0.29) is 11.9 Å². The molecule has 1 aromatic carbocycles. The molecule has 3 aromatic rings. The van der Waals surface area contributed by atoms with Crippen molar-refractivity contribution in [3.05, 3.63) is 82.5 Å². The molecule has 0 fully saturated rings. The van der Waals surface area contributed by atoms with Crippen LogP contribution in [0.5, 0.6) is 0 Å². The fourth-order valence-electron chi connectivity index (χ4n) is 2.95. The predicted molar refractivity (Wildman–Crippen MR) is 99.9 cm³/mol. The van der Waals surface area contributed by atoms with Crippen LogP contribution >= 0.6 is 0 Å². The molecule has 3 rings (SSSR count). The molecule has 2 aromatic heterocycles. The number of carbonyl (C=O) groups is 1. The molecule has 0 bridgehead atoms. The van der Waals surface area contributed by atoms with Crippen molar-refractivity contribution in [1.82, 2.24) is 15.5 Å². The second-order valence-electron chi connectivity index (χ2n) is 6.38. The maximum Gasteiger partial charge on any atom is 0.257 e. The monoisotopic (exact) mass is 349 g/mol. The normalized spacial score (nSPS) is 12.0. The Hall–Kier alpha value is -2.95. The minimum absolute atomic E-state index is 0.177. The van der Waals surface area contributed by atoms with E-state index < -0.39 is 0 Å². The highest BCUT2D eigenvalue weighted by Gasteiger charge is 2.23. The topological polar surface area (TPSA) is 68.0 Å². The number of carbonyl (C=O) groups excluding carboxylic acids is 1. The molecular weight excluding hydrogens is 326 g/mol. The summed E-state index contributed by atoms with van der Waals surface area (Å²) in [5.74, 6) is 0.359. The van der Waals surface area contributed by atoms with Gasteiger partial charge in [-0.15, -0.1) is 0 Å². The molecule has 0 saturated carbocycles. The molecule has 0 spiro atoms. The van der Waals surface area contributed by atoms with Gasteiger partial charge in [0.1, 0.15) is 11.3 Å². The van der Waals surface area contributed by atoms with E-state index >= 15 is 0 Å². The van der Waals surface area contributed by atoms with Crippen LogP contribution in [0, 0.1) is 13.8 Å². The lowest BCUT2D eigenvalue weighted by Gasteiger charge is -2.19. The zero-order valence-corrected chi connectivity index (χ0v) is 15.3. The van der Waals surface area contributed by atoms with Crippen LogP contribution in [0.2, 0.25) is 0 Å². The van der Waals surface area contributed by atoms with Crippen molar-refractivity contribution in [2.24, 2.45) is 0 Å². The Morgan fingerprint density at radius 3 is 2.58 bits per heavy atom. The summed E-state index contributed by atoms with van der Waals surface area (Å²) in [5, 5.41) is 7.09. The number of hydrogen-bond acceptors (Lipinski definition) is 4. The van der Waals surface area contributed by atoms with Gasteiger partial charge in [0.05, 0.1) is 17.4 Å². The first kappa shape index (κ1) is 17.9. The summed E-state index contributed by atoms with van der Waals surface area (Å²) < 4.78 is 5.20. The number of aromatic nitrogens is 2. The smallest absolute Gasteiger partial charge is 0.257 e. The predicted octanol–water partition coefficient (Wildman–Crippen LogP) is 3.96. The molecule has 1 N–H and O–H groups in total. The third kappa shape index (κ3) is 3.99. The number of aryl methyl sites for hydroxylation is 3. The third-order valence-corrected chi connectivity index (χ3v) is 4.41. The SMILES string of the molecule is CCc1noc(C)c1C(=O)N[C@@H](Cc1ccc(C)cc1)c1ccccn1. The fourth-order valence-corrected chi connectivity index (χ4v) is 2.95. The summed E-state index contributed by atoms with van der Waals surface area (Å²) in [7, 11) is 0. The lowest BCUT2D eigenvalue weighted by molar-refractivity contribution is 0.0933. The second kappa shape index (κ2) is 7.95. The molecule has 0 unspecified atom stereocenters. The van der Waals surface area contributed by atoms with Crippen LogP contribution in [0.25, 0.3) is 0 Å². The van der Waals surface area contributed by atoms with Crippen LogP contribution in [0.1, 0.15) is 51.6 Å². The standard InChI is InChI=1S/C21H23N3O2/c1-4-17-20(15(3)26-24-17)21(25)23-19(18-7-5-6-12-22-18)13-16-10-8-14(2)9-11-16/h5-12,19H,4,13H2,1-3H3,(H,23,25)/t19-/m0/s1. The van der Waals surface area contributed by atoms with Crippen molar-refractivity contribution >= 4 is 5.91 Å². The molecular formula is C21H23N3O2. The number of rotatable bonds is 6. The van der Waals surface area contributed by atoms with E-state index in [2.05, 4.69) is 46.6 Å². The van der Waals surface area contributed by atoms with Gasteiger partial charge in [-0.25, -0.2) is 0 Å². The highest BCUT2D eigenvalue weighted by atomic mass is 16.5. The summed E-state index contributed by atoms with van der Waals surface area (Å²) in [4.78, 5) is 17.3. The van der Waals surface area contributed by atoms with Crippen LogP contribution in [0.3, 0.4) is 0 Å². The number of amides is 1. The fraction of sp³-hybridized carbons (Fsp3) is 0.286. The molecule has 26 heavy (non-hydrogen) atoms. The van der Waals surface area contributed by atoms with Gasteiger partial charge in [0.2, 0.25) is 0 Å². The molecule has 2 heterocycles. The molecule has 134 valence electrons. The van der Waals surface area contributed by atoms with Crippen molar-refractivity contribution in [2.75, 3.05) is 0 Å². The van der Waals surface area contributed by atoms with E-state index in [9.17, 15) is 4.79 Å². The molecule has 0 aliphatic carbocycles. The van der Waals surface area contributed by atoms with Crippen LogP contribution < -0.4 is 5.32 Å². The van der Waals surface area contributed by atoms with Crippen LogP contribution in [-0.4, -0.2) is 16.0 Å². The Morgan fingerprint density at radius 2 is 1.92 bits per heavy atom. The van der Waals surface area contributed by atoms with E-state index in [1.807, 2.05) is 25.1 Å². The van der Waals surface area contributed by atoms with E-state index in [4.69, 9.17) is 4.52 Å². The van der Waals surface area contributed by atoms with Crippen molar-refractivity contribution < 1.29 is 9.32 Å². The molecule has 5 heteroatoms. The highest BCUT2D eigenvalue weighted by molar-refractivity contribution is 5.96. The molecule has 1 atom stereocenters. The largest absolute Gasteiger partial charge is 0.361 e. The van der Waals surface area contributed by atoms with E-state index in [1.54, 1.807) is 13.1 Å². The molecule has 5 nitrogen and oxygen atoms in total. The number of benzene rings is 1. The maximum absolute atomic E-state index is 12.9. The Morgan fingerprint density at radius 1 is 1.15 bits per heavy atom. The first-order valence-electron chi connectivity index (χ1n) is 8.81. The first-order valence-corrected chi connectivity index (χ1v) is 8.81. The summed E-state index contributed by atoms with van der Waals surface area (Å²) in [6.45, 7) is 5.77.